The van der Waals surface area contributed by atoms with Gasteiger partial charge in [-0.3, -0.25) is 34.2 Å². The van der Waals surface area contributed by atoms with Gasteiger partial charge < -0.3 is 45.3 Å². The standard InChI is InChI=1S/C27H37BrN4O5.C25H34BrN5O4.C8H15NO4.CH4/c1-17(20-13-11-18-10-12-19(28)16-21(18)30-20)29-22(33)27(8)14-9-15-31(23(34)36-25(2,3)4)32(27)24(35)37-26(5,6)7;1-15(19-11-9-17-8-10-18(26)14-20(17)29-19)27-22(33)25(6)12-7-13-31(30-25)21(32)16(2)28-23(34)35-24(3,4)5;1-5(6(10)11)9-7(12)13-8(2,3)4;/h10-13,16-17H,9,14-15H2,1-8H3,(H,29,33);8-11,14-16,30H,7,12-13H2,1-6H3,(H,27,33)(H,28,34);5H,1-4H3,(H,9,12)(H,10,11);1H4/t17-,27?;15-,16+,25?;5-;/m110./s1. The van der Waals surface area contributed by atoms with Crippen molar-refractivity contribution in [1.82, 2.24) is 51.7 Å². The third kappa shape index (κ3) is 22.1. The third-order valence-corrected chi connectivity index (χ3v) is 13.7. The summed E-state index contributed by atoms with van der Waals surface area (Å²) in [5.41, 5.74) is 0.848. The molecule has 2 aromatic carbocycles. The Hall–Kier alpha value is -6.86. The van der Waals surface area contributed by atoms with E-state index in [4.69, 9.17) is 34.0 Å². The van der Waals surface area contributed by atoms with Crippen LogP contribution in [0.2, 0.25) is 0 Å². The van der Waals surface area contributed by atoms with Crippen LogP contribution in [-0.4, -0.2) is 137 Å². The van der Waals surface area contributed by atoms with Crippen molar-refractivity contribution in [2.24, 2.45) is 0 Å². The first-order valence-electron chi connectivity index (χ1n) is 28.1. The second-order valence-electron chi connectivity index (χ2n) is 25.4. The number of rotatable bonds is 10. The van der Waals surface area contributed by atoms with E-state index >= 15 is 0 Å². The first-order chi connectivity index (χ1) is 39.0. The van der Waals surface area contributed by atoms with Crippen LogP contribution in [0.3, 0.4) is 0 Å². The van der Waals surface area contributed by atoms with Crippen LogP contribution in [0, 0.1) is 0 Å². The fourth-order valence-electron chi connectivity index (χ4n) is 8.55. The average Bonchev–Trinajstić information content (AvgIpc) is 0.815. The zero-order valence-electron chi connectivity index (χ0n) is 52.2. The number of amides is 7. The number of aromatic nitrogens is 2. The van der Waals surface area contributed by atoms with Gasteiger partial charge in [-0.1, -0.05) is 63.6 Å². The Morgan fingerprint density at radius 2 is 0.977 bits per heavy atom. The molecule has 0 radical (unpaired) electrons. The molecule has 2 aliphatic rings. The molecule has 2 unspecified atom stereocenters. The summed E-state index contributed by atoms with van der Waals surface area (Å²) in [7, 11) is 0. The molecule has 0 bridgehead atoms. The highest BCUT2D eigenvalue weighted by molar-refractivity contribution is 9.10. The van der Waals surface area contributed by atoms with E-state index in [1.807, 2.05) is 74.5 Å². The summed E-state index contributed by atoms with van der Waals surface area (Å²) >= 11 is 6.93. The number of nitrogens with zero attached hydrogens (tertiary/aromatic N) is 5. The maximum atomic E-state index is 13.8. The first kappa shape index (κ1) is 73.4. The van der Waals surface area contributed by atoms with Gasteiger partial charge in [0.25, 0.3) is 5.91 Å². The van der Waals surface area contributed by atoms with Crippen molar-refractivity contribution in [3.63, 3.8) is 0 Å². The molecule has 0 saturated carbocycles. The van der Waals surface area contributed by atoms with Gasteiger partial charge in [-0.25, -0.2) is 29.6 Å². The summed E-state index contributed by atoms with van der Waals surface area (Å²) < 4.78 is 23.1. The predicted molar refractivity (Wildman–Crippen MR) is 335 cm³/mol. The second kappa shape index (κ2) is 29.7. The molecule has 4 aromatic rings. The zero-order chi connectivity index (χ0) is 64.4. The molecule has 86 heavy (non-hydrogen) atoms. The highest BCUT2D eigenvalue weighted by atomic mass is 79.9. The van der Waals surface area contributed by atoms with Crippen molar-refractivity contribution in [1.29, 1.82) is 0 Å². The van der Waals surface area contributed by atoms with Gasteiger partial charge in [-0.2, -0.15) is 5.01 Å². The maximum absolute atomic E-state index is 13.8. The molecular weight excluding hydrogens is 1240 g/mol. The molecule has 6 N–H and O–H groups in total. The van der Waals surface area contributed by atoms with Gasteiger partial charge in [-0.05, 0) is 187 Å². The van der Waals surface area contributed by atoms with Crippen LogP contribution in [0.1, 0.15) is 181 Å². The number of benzene rings is 2. The highest BCUT2D eigenvalue weighted by Crippen LogP contribution is 2.34. The van der Waals surface area contributed by atoms with E-state index in [2.05, 4.69) is 58.6 Å². The van der Waals surface area contributed by atoms with E-state index in [0.29, 0.717) is 37.9 Å². The number of alkyl carbamates (subject to hydrolysis) is 2. The molecule has 23 nitrogen and oxygen atoms in total. The number of pyridine rings is 2. The molecule has 2 fully saturated rings. The lowest BCUT2D eigenvalue weighted by Crippen LogP contribution is -2.69. The summed E-state index contributed by atoms with van der Waals surface area (Å²) in [6.45, 7) is 31.5. The molecular formula is C61H90Br2N10O13. The molecule has 2 aromatic heterocycles. The average molecular weight is 1330 g/mol. The lowest BCUT2D eigenvalue weighted by molar-refractivity contribution is -0.156. The molecule has 25 heteroatoms. The molecule has 6 atom stereocenters. The normalized spacial score (nSPS) is 18.5. The van der Waals surface area contributed by atoms with Gasteiger partial charge in [0.1, 0.15) is 45.6 Å². The topological polar surface area (TPSA) is 289 Å². The molecule has 4 heterocycles. The van der Waals surface area contributed by atoms with Crippen molar-refractivity contribution in [3.8, 4) is 0 Å². The van der Waals surface area contributed by atoms with Gasteiger partial charge >= 0.3 is 30.3 Å². The van der Waals surface area contributed by atoms with Gasteiger partial charge in [0.2, 0.25) is 11.8 Å². The zero-order valence-corrected chi connectivity index (χ0v) is 55.3. The first-order valence-corrected chi connectivity index (χ1v) is 29.7. The molecule has 2 aliphatic heterocycles. The Labute approximate surface area is 522 Å². The van der Waals surface area contributed by atoms with Crippen molar-refractivity contribution in [2.75, 3.05) is 13.1 Å². The van der Waals surface area contributed by atoms with Crippen molar-refractivity contribution in [2.45, 2.75) is 215 Å². The van der Waals surface area contributed by atoms with Crippen LogP contribution >= 0.6 is 31.9 Å². The Bertz CT molecular complexity index is 3090. The summed E-state index contributed by atoms with van der Waals surface area (Å²) in [5.74, 6) is -2.09. The minimum absolute atomic E-state index is 0. The van der Waals surface area contributed by atoms with Gasteiger partial charge in [0, 0.05) is 32.8 Å². The lowest BCUT2D eigenvalue weighted by atomic mass is 9.91. The van der Waals surface area contributed by atoms with Gasteiger partial charge in [0.05, 0.1) is 34.5 Å². The van der Waals surface area contributed by atoms with Crippen molar-refractivity contribution >= 4 is 102 Å². The Morgan fingerprint density at radius 3 is 1.42 bits per heavy atom. The summed E-state index contributed by atoms with van der Waals surface area (Å²) in [5, 5.41) is 24.9. The number of carbonyl (C=O) groups is 8. The van der Waals surface area contributed by atoms with E-state index < -0.39 is 87.9 Å². The number of hydrazine groups is 2. The number of hydrogen-bond donors (Lipinski definition) is 6. The highest BCUT2D eigenvalue weighted by Gasteiger charge is 2.52. The van der Waals surface area contributed by atoms with Gasteiger partial charge in [-0.15, -0.1) is 0 Å². The van der Waals surface area contributed by atoms with Crippen LogP contribution in [0.25, 0.3) is 21.8 Å². The van der Waals surface area contributed by atoms with Crippen molar-refractivity contribution < 1.29 is 62.4 Å². The monoisotopic (exact) mass is 1330 g/mol. The minimum atomic E-state index is -1.40. The number of fused-ring (bicyclic) bond motifs is 2. The lowest BCUT2D eigenvalue weighted by Gasteiger charge is -2.49. The second-order valence-corrected chi connectivity index (χ2v) is 27.3. The van der Waals surface area contributed by atoms with Crippen LogP contribution in [0.4, 0.5) is 19.2 Å². The number of carboxylic acid groups (broad SMARTS) is 1. The molecule has 6 rings (SSSR count). The number of halogens is 2. The van der Waals surface area contributed by atoms with Crippen molar-refractivity contribution in [3.05, 3.63) is 81.0 Å². The smallest absolute Gasteiger partial charge is 0.430 e. The van der Waals surface area contributed by atoms with E-state index in [9.17, 15) is 38.4 Å². The van der Waals surface area contributed by atoms with E-state index in [1.54, 1.807) is 104 Å². The summed E-state index contributed by atoms with van der Waals surface area (Å²) in [4.78, 5) is 109. The number of ether oxygens (including phenoxy) is 4. The van der Waals surface area contributed by atoms with Gasteiger partial charge in [0.15, 0.2) is 0 Å². The number of hydrogen-bond acceptors (Lipinski definition) is 15. The Kier molecular flexibility index (Phi) is 25.3. The third-order valence-electron chi connectivity index (χ3n) is 12.8. The number of aliphatic carboxylic acids is 1. The predicted octanol–water partition coefficient (Wildman–Crippen LogP) is 11.7. The number of carbonyl (C=O) groups excluding carboxylic acids is 7. The van der Waals surface area contributed by atoms with Crippen LogP contribution in [-0.2, 0) is 38.1 Å². The fraction of sp³-hybridized carbons (Fsp3) is 0.574. The molecule has 476 valence electrons. The Morgan fingerprint density at radius 1 is 0.570 bits per heavy atom. The van der Waals surface area contributed by atoms with E-state index in [1.165, 1.54) is 16.9 Å². The molecule has 2 saturated heterocycles. The van der Waals surface area contributed by atoms with Crippen LogP contribution < -0.4 is 26.7 Å². The molecule has 7 amide bonds. The summed E-state index contributed by atoms with van der Waals surface area (Å²) in [6, 6.07) is 16.9. The van der Waals surface area contributed by atoms with Crippen LogP contribution in [0.5, 0.6) is 0 Å². The van der Waals surface area contributed by atoms with Crippen LogP contribution in [0.15, 0.2) is 69.6 Å². The van der Waals surface area contributed by atoms with E-state index in [-0.39, 0.29) is 31.8 Å². The quantitative estimate of drug-likeness (QED) is 0.0805. The SMILES string of the molecule is C.C[C@@H](NC(=O)C1(C)CCCN(C(=O)OC(C)(C)C)N1C(=O)OC(C)(C)C)c1ccc2ccc(Br)cc2n1.C[C@H](NC(=O)OC(C)(C)C)C(=O)N1CCCC(C)(C(=O)N[C@H](C)c2ccc3ccc(Br)cc3n2)N1.C[C@H](NC(=O)OC(C)(C)C)C(=O)O. The molecule has 0 aliphatic carbocycles. The maximum Gasteiger partial charge on any atom is 0.430 e. The van der Waals surface area contributed by atoms with E-state index in [0.717, 1.165) is 41.5 Å². The minimum Gasteiger partial charge on any atom is -0.480 e. The summed E-state index contributed by atoms with van der Waals surface area (Å²) in [6.07, 6.45) is -0.868. The number of nitrogens with one attached hydrogen (secondary N) is 5. The fourth-order valence-corrected chi connectivity index (χ4v) is 9.25. The molecule has 0 spiro atoms. The Balaban J connectivity index is 0.000000371. The number of carboxylic acids is 1. The largest absolute Gasteiger partial charge is 0.480 e.